The maximum Gasteiger partial charge on any atom is 0.254 e. The van der Waals surface area contributed by atoms with Crippen LogP contribution in [0.3, 0.4) is 0 Å². The van der Waals surface area contributed by atoms with Gasteiger partial charge in [0.25, 0.3) is 5.91 Å². The standard InChI is InChI=1S/C17H18N2O2/c1-12-5-3-7-14(9-12)17(20)19-10-15(11-19)21-16-8-4-6-13(2)18-16/h3-9,15H,10-11H2,1-2H3. The van der Waals surface area contributed by atoms with Crippen LogP contribution < -0.4 is 4.74 Å². The van der Waals surface area contributed by atoms with Gasteiger partial charge in [-0.15, -0.1) is 0 Å². The minimum Gasteiger partial charge on any atom is -0.471 e. The predicted molar refractivity (Wildman–Crippen MR) is 80.5 cm³/mol. The summed E-state index contributed by atoms with van der Waals surface area (Å²) in [7, 11) is 0. The molecule has 1 fully saturated rings. The molecular weight excluding hydrogens is 264 g/mol. The second-order valence-corrected chi connectivity index (χ2v) is 5.44. The molecule has 21 heavy (non-hydrogen) atoms. The van der Waals surface area contributed by atoms with Crippen molar-refractivity contribution >= 4 is 5.91 Å². The summed E-state index contributed by atoms with van der Waals surface area (Å²) in [6, 6.07) is 13.4. The number of carbonyl (C=O) groups excluding carboxylic acids is 1. The molecule has 4 nitrogen and oxygen atoms in total. The lowest BCUT2D eigenvalue weighted by Crippen LogP contribution is -2.56. The molecule has 1 saturated heterocycles. The molecule has 0 N–H and O–H groups in total. The van der Waals surface area contributed by atoms with E-state index in [4.69, 9.17) is 4.74 Å². The Bertz CT molecular complexity index is 663. The van der Waals surface area contributed by atoms with Crippen LogP contribution in [-0.2, 0) is 0 Å². The Balaban J connectivity index is 1.57. The molecule has 0 atom stereocenters. The summed E-state index contributed by atoms with van der Waals surface area (Å²) >= 11 is 0. The van der Waals surface area contributed by atoms with Crippen LogP contribution in [0, 0.1) is 13.8 Å². The summed E-state index contributed by atoms with van der Waals surface area (Å²) in [5.74, 6) is 0.693. The molecular formula is C17H18N2O2. The number of aryl methyl sites for hydroxylation is 2. The average molecular weight is 282 g/mol. The number of rotatable bonds is 3. The second kappa shape index (κ2) is 5.56. The smallest absolute Gasteiger partial charge is 0.254 e. The SMILES string of the molecule is Cc1cccc(C(=O)N2CC(Oc3cccc(C)n3)C2)c1. The zero-order valence-electron chi connectivity index (χ0n) is 12.2. The Hall–Kier alpha value is -2.36. The van der Waals surface area contributed by atoms with Crippen LogP contribution in [0.5, 0.6) is 5.88 Å². The third kappa shape index (κ3) is 3.05. The first-order valence-corrected chi connectivity index (χ1v) is 7.08. The highest BCUT2D eigenvalue weighted by molar-refractivity contribution is 5.95. The van der Waals surface area contributed by atoms with Gasteiger partial charge in [0.1, 0.15) is 6.10 Å². The summed E-state index contributed by atoms with van der Waals surface area (Å²) in [4.78, 5) is 18.4. The van der Waals surface area contributed by atoms with E-state index in [9.17, 15) is 4.79 Å². The number of ether oxygens (including phenoxy) is 1. The molecule has 108 valence electrons. The fraction of sp³-hybridized carbons (Fsp3) is 0.294. The van der Waals surface area contributed by atoms with Crippen LogP contribution in [0.15, 0.2) is 42.5 Å². The second-order valence-electron chi connectivity index (χ2n) is 5.44. The van der Waals surface area contributed by atoms with E-state index >= 15 is 0 Å². The zero-order chi connectivity index (χ0) is 14.8. The van der Waals surface area contributed by atoms with Gasteiger partial charge in [-0.25, -0.2) is 4.98 Å². The third-order valence-electron chi connectivity index (χ3n) is 3.55. The molecule has 0 radical (unpaired) electrons. The van der Waals surface area contributed by atoms with E-state index < -0.39 is 0 Å². The van der Waals surface area contributed by atoms with Crippen LogP contribution in [0.2, 0.25) is 0 Å². The van der Waals surface area contributed by atoms with Crippen molar-refractivity contribution in [2.24, 2.45) is 0 Å². The van der Waals surface area contributed by atoms with Crippen LogP contribution in [0.4, 0.5) is 0 Å². The van der Waals surface area contributed by atoms with E-state index in [1.54, 1.807) is 4.90 Å². The molecule has 1 aromatic heterocycles. The highest BCUT2D eigenvalue weighted by Gasteiger charge is 2.33. The zero-order valence-corrected chi connectivity index (χ0v) is 12.2. The minimum atomic E-state index is 0.0352. The monoisotopic (exact) mass is 282 g/mol. The predicted octanol–water partition coefficient (Wildman–Crippen LogP) is 2.60. The molecule has 1 aromatic carbocycles. The summed E-state index contributed by atoms with van der Waals surface area (Å²) in [6.07, 6.45) is 0.0352. The highest BCUT2D eigenvalue weighted by Crippen LogP contribution is 2.19. The maximum absolute atomic E-state index is 12.3. The topological polar surface area (TPSA) is 42.4 Å². The summed E-state index contributed by atoms with van der Waals surface area (Å²) in [5.41, 5.74) is 2.76. The fourth-order valence-electron chi connectivity index (χ4n) is 2.39. The Morgan fingerprint density at radius 2 is 1.95 bits per heavy atom. The van der Waals surface area contributed by atoms with Crippen molar-refractivity contribution in [1.82, 2.24) is 9.88 Å². The Labute approximate surface area is 124 Å². The number of aromatic nitrogens is 1. The summed E-state index contributed by atoms with van der Waals surface area (Å²) in [5, 5.41) is 0. The number of nitrogens with zero attached hydrogens (tertiary/aromatic N) is 2. The first kappa shape index (κ1) is 13.6. The molecule has 0 spiro atoms. The molecule has 4 heteroatoms. The minimum absolute atomic E-state index is 0.0352. The average Bonchev–Trinajstić information content (AvgIpc) is 2.42. The van der Waals surface area contributed by atoms with Gasteiger partial charge in [0.2, 0.25) is 5.88 Å². The third-order valence-corrected chi connectivity index (χ3v) is 3.55. The number of hydrogen-bond acceptors (Lipinski definition) is 3. The van der Waals surface area contributed by atoms with Gasteiger partial charge in [0.05, 0.1) is 13.1 Å². The number of hydrogen-bond donors (Lipinski definition) is 0. The summed E-state index contributed by atoms with van der Waals surface area (Å²) < 4.78 is 5.77. The number of carbonyl (C=O) groups is 1. The van der Waals surface area contributed by atoms with Gasteiger partial charge >= 0.3 is 0 Å². The number of pyridine rings is 1. The van der Waals surface area contributed by atoms with E-state index in [-0.39, 0.29) is 12.0 Å². The molecule has 2 heterocycles. The molecule has 1 amide bonds. The lowest BCUT2D eigenvalue weighted by atomic mass is 10.1. The van der Waals surface area contributed by atoms with Crippen molar-refractivity contribution in [2.75, 3.05) is 13.1 Å². The van der Waals surface area contributed by atoms with Gasteiger partial charge in [0, 0.05) is 17.3 Å². The van der Waals surface area contributed by atoms with Crippen LogP contribution in [0.1, 0.15) is 21.6 Å². The summed E-state index contributed by atoms with van der Waals surface area (Å²) in [6.45, 7) is 5.15. The van der Waals surface area contributed by atoms with Crippen LogP contribution in [-0.4, -0.2) is 35.0 Å². The van der Waals surface area contributed by atoms with Gasteiger partial charge < -0.3 is 9.64 Å². The maximum atomic E-state index is 12.3. The lowest BCUT2D eigenvalue weighted by molar-refractivity contribution is 0.0159. The molecule has 3 rings (SSSR count). The van der Waals surface area contributed by atoms with Crippen molar-refractivity contribution in [3.63, 3.8) is 0 Å². The first-order valence-electron chi connectivity index (χ1n) is 7.08. The number of likely N-dealkylation sites (tertiary alicyclic amines) is 1. The first-order chi connectivity index (χ1) is 10.1. The molecule has 0 bridgehead atoms. The normalized spacial score (nSPS) is 14.7. The van der Waals surface area contributed by atoms with Crippen molar-refractivity contribution in [3.05, 3.63) is 59.3 Å². The van der Waals surface area contributed by atoms with E-state index in [0.29, 0.717) is 19.0 Å². The van der Waals surface area contributed by atoms with Crippen LogP contribution in [0.25, 0.3) is 0 Å². The molecule has 1 aliphatic rings. The molecule has 2 aromatic rings. The van der Waals surface area contributed by atoms with E-state index in [2.05, 4.69) is 4.98 Å². The molecule has 0 aliphatic carbocycles. The number of amides is 1. The van der Waals surface area contributed by atoms with Gasteiger partial charge in [-0.1, -0.05) is 23.8 Å². The Kier molecular flexibility index (Phi) is 3.60. The van der Waals surface area contributed by atoms with E-state index in [1.807, 2.05) is 56.3 Å². The van der Waals surface area contributed by atoms with Crippen LogP contribution >= 0.6 is 0 Å². The van der Waals surface area contributed by atoms with E-state index in [1.165, 1.54) is 0 Å². The van der Waals surface area contributed by atoms with Gasteiger partial charge in [-0.2, -0.15) is 0 Å². The van der Waals surface area contributed by atoms with Gasteiger partial charge in [-0.3, -0.25) is 4.79 Å². The van der Waals surface area contributed by atoms with Crippen molar-refractivity contribution in [3.8, 4) is 5.88 Å². The van der Waals surface area contributed by atoms with E-state index in [0.717, 1.165) is 16.8 Å². The van der Waals surface area contributed by atoms with Gasteiger partial charge in [0.15, 0.2) is 0 Å². The largest absolute Gasteiger partial charge is 0.471 e. The van der Waals surface area contributed by atoms with Crippen molar-refractivity contribution < 1.29 is 9.53 Å². The van der Waals surface area contributed by atoms with Crippen molar-refractivity contribution in [1.29, 1.82) is 0 Å². The Morgan fingerprint density at radius 1 is 1.19 bits per heavy atom. The van der Waals surface area contributed by atoms with Gasteiger partial charge in [-0.05, 0) is 32.0 Å². The quantitative estimate of drug-likeness (QED) is 0.869. The Morgan fingerprint density at radius 3 is 2.67 bits per heavy atom. The molecule has 0 saturated carbocycles. The molecule has 1 aliphatic heterocycles. The van der Waals surface area contributed by atoms with Crippen molar-refractivity contribution in [2.45, 2.75) is 20.0 Å². The fourth-order valence-corrected chi connectivity index (χ4v) is 2.39. The number of benzene rings is 1. The highest BCUT2D eigenvalue weighted by atomic mass is 16.5. The molecule has 0 unspecified atom stereocenters. The lowest BCUT2D eigenvalue weighted by Gasteiger charge is -2.38.